The second-order valence-electron chi connectivity index (χ2n) is 8.65. The Morgan fingerprint density at radius 2 is 1.31 bits per heavy atom. The zero-order chi connectivity index (χ0) is 30.7. The van der Waals surface area contributed by atoms with Crippen molar-refractivity contribution in [2.24, 2.45) is 5.84 Å². The highest BCUT2D eigenvalue weighted by atomic mass is 32.2. The summed E-state index contributed by atoms with van der Waals surface area (Å²) in [7, 11) is -10.1. The fraction of sp³-hybridized carbons (Fsp3) is 0. The van der Waals surface area contributed by atoms with Gasteiger partial charge in [-0.25, -0.2) is 10.9 Å². The molecule has 3 aromatic carbocycles. The first-order valence-electron chi connectivity index (χ1n) is 11.3. The van der Waals surface area contributed by atoms with Gasteiger partial charge in [0.05, 0.1) is 28.2 Å². The van der Waals surface area contributed by atoms with Gasteiger partial charge in [0.1, 0.15) is 9.79 Å². The third kappa shape index (κ3) is 4.82. The van der Waals surface area contributed by atoms with Gasteiger partial charge in [-0.15, -0.1) is 4.98 Å². The van der Waals surface area contributed by atoms with Gasteiger partial charge in [-0.05, 0) is 24.3 Å². The molecule has 9 N–H and O–H groups in total. The quantitative estimate of drug-likeness (QED) is 0.0603. The Morgan fingerprint density at radius 3 is 1.86 bits per heavy atom. The molecular formula is C23H17N7O10S2. The monoisotopic (exact) mass is 615 g/mol. The Hall–Kier alpha value is -5.21. The molecule has 19 heteroatoms. The van der Waals surface area contributed by atoms with E-state index in [-0.39, 0.29) is 28.1 Å². The summed E-state index contributed by atoms with van der Waals surface area (Å²) in [5.74, 6) is 3.72. The van der Waals surface area contributed by atoms with E-state index in [1.165, 1.54) is 30.3 Å². The number of benzene rings is 3. The Bertz CT molecular complexity index is 2050. The molecule has 42 heavy (non-hydrogen) atoms. The zero-order valence-corrected chi connectivity index (χ0v) is 22.3. The first kappa shape index (κ1) is 28.3. The Morgan fingerprint density at radius 1 is 0.762 bits per heavy atom. The predicted octanol–water partition coefficient (Wildman–Crippen LogP) is 0.889. The molecule has 17 nitrogen and oxygen atoms in total. The summed E-state index contributed by atoms with van der Waals surface area (Å²) in [6.07, 6.45) is 0. The van der Waals surface area contributed by atoms with Crippen LogP contribution in [0.25, 0.3) is 0 Å². The van der Waals surface area contributed by atoms with Crippen LogP contribution in [0, 0.1) is 0 Å². The summed E-state index contributed by atoms with van der Waals surface area (Å²) >= 11 is 0. The van der Waals surface area contributed by atoms with Gasteiger partial charge in [0.15, 0.2) is 11.6 Å². The molecule has 0 aliphatic heterocycles. The maximum absolute atomic E-state index is 13.5. The first-order valence-corrected chi connectivity index (χ1v) is 14.2. The number of fused-ring (bicyclic) bond motifs is 2. The second kappa shape index (κ2) is 9.71. The van der Waals surface area contributed by atoms with Gasteiger partial charge in [-0.2, -0.15) is 26.8 Å². The van der Waals surface area contributed by atoms with Crippen LogP contribution in [0.4, 0.5) is 28.7 Å². The number of nitrogens with zero attached hydrogens (tertiary/aromatic N) is 4. The average Bonchev–Trinajstić information content (AvgIpc) is 2.90. The van der Waals surface area contributed by atoms with E-state index in [9.17, 15) is 45.7 Å². The number of hydrogen-bond donors (Lipinski definition) is 7. The highest BCUT2D eigenvalue weighted by Crippen LogP contribution is 2.41. The van der Waals surface area contributed by atoms with Crippen molar-refractivity contribution in [3.8, 4) is 12.0 Å². The van der Waals surface area contributed by atoms with E-state index in [1.807, 2.05) is 0 Å². The summed E-state index contributed by atoms with van der Waals surface area (Å²) in [5.41, 5.74) is 3.31. The molecule has 0 fully saturated rings. The van der Waals surface area contributed by atoms with Crippen LogP contribution < -0.4 is 21.9 Å². The molecule has 4 aromatic rings. The molecule has 0 amide bonds. The van der Waals surface area contributed by atoms with Crippen molar-refractivity contribution in [1.82, 2.24) is 15.0 Å². The van der Waals surface area contributed by atoms with Crippen molar-refractivity contribution < 1.29 is 45.7 Å². The topological polar surface area (TPSA) is 289 Å². The van der Waals surface area contributed by atoms with Crippen LogP contribution in [-0.2, 0) is 20.2 Å². The minimum Gasteiger partial charge on any atom is -0.479 e. The lowest BCUT2D eigenvalue weighted by molar-refractivity contribution is 0.0980. The summed E-state index contributed by atoms with van der Waals surface area (Å²) in [6.45, 7) is 0. The lowest BCUT2D eigenvalue weighted by Gasteiger charge is -2.24. The fourth-order valence-corrected chi connectivity index (χ4v) is 5.67. The fourth-order valence-electron chi connectivity index (χ4n) is 4.32. The number of hydrogen-bond acceptors (Lipinski definition) is 15. The molecule has 0 saturated heterocycles. The van der Waals surface area contributed by atoms with Gasteiger partial charge < -0.3 is 21.3 Å². The summed E-state index contributed by atoms with van der Waals surface area (Å²) < 4.78 is 68.5. The van der Waals surface area contributed by atoms with E-state index >= 15 is 0 Å². The van der Waals surface area contributed by atoms with Gasteiger partial charge in [-0.3, -0.25) is 18.7 Å². The normalized spacial score (nSPS) is 12.9. The molecule has 1 heterocycles. The Balaban J connectivity index is 1.69. The molecule has 5 rings (SSSR count). The second-order valence-corrected chi connectivity index (χ2v) is 11.4. The van der Waals surface area contributed by atoms with Crippen LogP contribution in [0.3, 0.4) is 0 Å². The van der Waals surface area contributed by atoms with Gasteiger partial charge in [-0.1, -0.05) is 24.3 Å². The number of ketones is 2. The summed E-state index contributed by atoms with van der Waals surface area (Å²) in [6, 6.07) is 7.59. The van der Waals surface area contributed by atoms with E-state index in [0.29, 0.717) is 5.01 Å². The lowest BCUT2D eigenvalue weighted by atomic mass is 9.82. The molecule has 0 atom stereocenters. The number of aromatic hydroxyl groups is 2. The van der Waals surface area contributed by atoms with Crippen LogP contribution in [0.2, 0.25) is 0 Å². The lowest BCUT2D eigenvalue weighted by Crippen LogP contribution is -2.29. The van der Waals surface area contributed by atoms with Crippen molar-refractivity contribution in [3.63, 3.8) is 0 Å². The number of hydrazine groups is 1. The molecule has 1 aliphatic rings. The van der Waals surface area contributed by atoms with Crippen molar-refractivity contribution >= 4 is 60.5 Å². The molecule has 1 aliphatic carbocycles. The molecule has 0 bridgehead atoms. The molecule has 1 aromatic heterocycles. The van der Waals surface area contributed by atoms with Gasteiger partial charge in [0.25, 0.3) is 26.2 Å². The maximum Gasteiger partial charge on any atom is 0.321 e. The number of nitrogen functional groups attached to an aromatic ring is 1. The predicted molar refractivity (Wildman–Crippen MR) is 143 cm³/mol. The standard InChI is InChI=1S/C23H17N7O10S2/c24-18-15(42(38,39)40)8-12(16-17(18)20(32)11-4-2-1-3-10(11)19(16)31)26-9-5-6-13(14(7-9)41(35,36)37)30(25)21-27-22(33)29-23(34)28-21/h1-8,26H,24-25H2,(H,35,36,37)(H,38,39,40)(H2,27,28,29,33,34). The van der Waals surface area contributed by atoms with Crippen molar-refractivity contribution in [1.29, 1.82) is 0 Å². The summed E-state index contributed by atoms with van der Waals surface area (Å²) in [4.78, 5) is 35.1. The van der Waals surface area contributed by atoms with Crippen molar-refractivity contribution in [3.05, 3.63) is 70.8 Å². The minimum absolute atomic E-state index is 0.0198. The van der Waals surface area contributed by atoms with Crippen LogP contribution in [0.15, 0.2) is 58.3 Å². The number of nitrogens with two attached hydrogens (primary N) is 2. The zero-order valence-electron chi connectivity index (χ0n) is 20.6. The molecular weight excluding hydrogens is 598 g/mol. The van der Waals surface area contributed by atoms with Crippen molar-refractivity contribution in [2.75, 3.05) is 16.1 Å². The third-order valence-electron chi connectivity index (χ3n) is 6.07. The molecule has 0 spiro atoms. The first-order chi connectivity index (χ1) is 19.6. The molecule has 216 valence electrons. The Kier molecular flexibility index (Phi) is 6.55. The van der Waals surface area contributed by atoms with Crippen LogP contribution in [-0.4, -0.2) is 62.7 Å². The van der Waals surface area contributed by atoms with E-state index in [4.69, 9.17) is 11.6 Å². The van der Waals surface area contributed by atoms with Gasteiger partial charge in [0, 0.05) is 16.8 Å². The number of aromatic nitrogens is 3. The average molecular weight is 616 g/mol. The number of nitrogens with one attached hydrogen (secondary N) is 1. The SMILES string of the molecule is Nc1c(S(=O)(=O)O)cc(Nc2ccc(N(N)c3nc(O)nc(O)n3)c(S(=O)(=O)O)c2)c2c1C(=O)c1ccccc1C2=O. The van der Waals surface area contributed by atoms with Crippen molar-refractivity contribution in [2.45, 2.75) is 9.79 Å². The third-order valence-corrected chi connectivity index (χ3v) is 7.85. The van der Waals surface area contributed by atoms with E-state index in [0.717, 1.165) is 18.2 Å². The maximum atomic E-state index is 13.5. The highest BCUT2D eigenvalue weighted by Gasteiger charge is 2.36. The minimum atomic E-state index is -5.07. The number of rotatable bonds is 6. The Labute approximate surface area is 235 Å². The number of carbonyl (C=O) groups excluding carboxylic acids is 2. The smallest absolute Gasteiger partial charge is 0.321 e. The molecule has 0 radical (unpaired) electrons. The van der Waals surface area contributed by atoms with Crippen LogP contribution in [0.5, 0.6) is 12.0 Å². The van der Waals surface area contributed by atoms with Gasteiger partial charge in [0.2, 0.25) is 0 Å². The molecule has 0 saturated carbocycles. The largest absolute Gasteiger partial charge is 0.479 e. The van der Waals surface area contributed by atoms with E-state index in [2.05, 4.69) is 20.3 Å². The highest BCUT2D eigenvalue weighted by molar-refractivity contribution is 7.86. The van der Waals surface area contributed by atoms with E-state index in [1.54, 1.807) is 0 Å². The molecule has 0 unspecified atom stereocenters. The number of anilines is 5. The van der Waals surface area contributed by atoms with Crippen LogP contribution >= 0.6 is 0 Å². The van der Waals surface area contributed by atoms with E-state index < -0.39 is 76.5 Å². The van der Waals surface area contributed by atoms with Gasteiger partial charge >= 0.3 is 12.0 Å². The number of carbonyl (C=O) groups is 2. The summed E-state index contributed by atoms with van der Waals surface area (Å²) in [5, 5.41) is 22.2. The van der Waals surface area contributed by atoms with Crippen LogP contribution in [0.1, 0.15) is 31.8 Å².